The van der Waals surface area contributed by atoms with Gasteiger partial charge in [0.05, 0.1) is 42.6 Å². The van der Waals surface area contributed by atoms with E-state index in [1.165, 1.54) is 25.9 Å². The molecular weight excluding hydrogens is 484 g/mol. The Morgan fingerprint density at radius 1 is 1.16 bits per heavy atom. The molecule has 7 heterocycles. The molecule has 2 aromatic heterocycles. The van der Waals surface area contributed by atoms with E-state index in [-0.39, 0.29) is 17.6 Å². The summed E-state index contributed by atoms with van der Waals surface area (Å²) in [6, 6.07) is 11.4. The lowest BCUT2D eigenvalue weighted by Crippen LogP contribution is -2.60. The first-order valence-corrected chi connectivity index (χ1v) is 13.2. The molecule has 5 aliphatic rings. The van der Waals surface area contributed by atoms with Crippen LogP contribution in [0.5, 0.6) is 5.88 Å². The van der Waals surface area contributed by atoms with Gasteiger partial charge < -0.3 is 24.9 Å². The molecule has 38 heavy (non-hydrogen) atoms. The number of nitrogens with zero attached hydrogens (tertiary/aromatic N) is 4. The van der Waals surface area contributed by atoms with Crippen LogP contribution in [0, 0.1) is 17.2 Å². The monoisotopic (exact) mass is 516 g/mol. The Morgan fingerprint density at radius 2 is 1.97 bits per heavy atom. The van der Waals surface area contributed by atoms with E-state index in [9.17, 15) is 9.90 Å². The maximum Gasteiger partial charge on any atom is 0.407 e. The third-order valence-electron chi connectivity index (χ3n) is 8.15. The van der Waals surface area contributed by atoms with Crippen LogP contribution in [0.25, 0.3) is 22.2 Å². The number of fused-ring (bicyclic) bond motifs is 3. The van der Waals surface area contributed by atoms with Crippen molar-refractivity contribution in [2.24, 2.45) is 5.92 Å². The number of carbonyl (C=O) groups is 1. The summed E-state index contributed by atoms with van der Waals surface area (Å²) < 4.78 is 10.8. The van der Waals surface area contributed by atoms with E-state index in [2.05, 4.69) is 31.2 Å². The molecule has 10 heteroatoms. The molecule has 1 atom stereocenters. The number of aromatic amines is 1. The summed E-state index contributed by atoms with van der Waals surface area (Å²) in [6.45, 7) is 8.28. The number of aromatic nitrogens is 2. The molecule has 10 nitrogen and oxygen atoms in total. The summed E-state index contributed by atoms with van der Waals surface area (Å²) in [4.78, 5) is 23.3. The van der Waals surface area contributed by atoms with Crippen molar-refractivity contribution in [3.63, 3.8) is 0 Å². The van der Waals surface area contributed by atoms with Crippen LogP contribution in [0.15, 0.2) is 36.5 Å². The first kappa shape index (κ1) is 24.7. The van der Waals surface area contributed by atoms with Crippen LogP contribution < -0.4 is 5.32 Å². The Bertz CT molecular complexity index is 1350. The minimum atomic E-state index is -0.228. The fraction of sp³-hybridized carbons (Fsp3) is 0.464. The number of benzene rings is 1. The van der Waals surface area contributed by atoms with Crippen LogP contribution in [0.1, 0.15) is 24.0 Å². The SMILES string of the molecule is N#Cc1ccc2[nH]c(O)c(-c3ccc(CN4CCOCC4)cn3)c2c1.O=C1NC[C@@]2(CN3CCC2CC3)O1. The van der Waals surface area contributed by atoms with Crippen molar-refractivity contribution < 1.29 is 19.4 Å². The Kier molecular flexibility index (Phi) is 6.66. The van der Waals surface area contributed by atoms with E-state index in [0.717, 1.165) is 55.9 Å². The van der Waals surface area contributed by atoms with E-state index < -0.39 is 0 Å². The first-order chi connectivity index (χ1) is 18.5. The number of aromatic hydroxyl groups is 1. The van der Waals surface area contributed by atoms with Crippen LogP contribution >= 0.6 is 0 Å². The Morgan fingerprint density at radius 3 is 2.61 bits per heavy atom. The number of H-pyrrole nitrogens is 1. The average molecular weight is 517 g/mol. The smallest absolute Gasteiger partial charge is 0.407 e. The van der Waals surface area contributed by atoms with Crippen molar-refractivity contribution in [2.45, 2.75) is 25.0 Å². The quantitative estimate of drug-likeness (QED) is 0.485. The van der Waals surface area contributed by atoms with Crippen molar-refractivity contribution in [3.8, 4) is 23.2 Å². The number of hydrogen-bond donors (Lipinski definition) is 3. The summed E-state index contributed by atoms with van der Waals surface area (Å²) in [6.07, 6.45) is 4.00. The number of carbonyl (C=O) groups excluding carboxylic acids is 1. The van der Waals surface area contributed by atoms with Gasteiger partial charge in [-0.1, -0.05) is 6.07 Å². The van der Waals surface area contributed by atoms with E-state index in [1.54, 1.807) is 18.2 Å². The zero-order valence-electron chi connectivity index (χ0n) is 21.3. The molecule has 198 valence electrons. The highest BCUT2D eigenvalue weighted by molar-refractivity contribution is 5.98. The molecule has 1 amide bonds. The molecule has 0 radical (unpaired) electrons. The number of hydrogen-bond acceptors (Lipinski definition) is 8. The van der Waals surface area contributed by atoms with Gasteiger partial charge in [0.25, 0.3) is 0 Å². The number of ether oxygens (including phenoxy) is 2. The van der Waals surface area contributed by atoms with Crippen molar-refractivity contribution in [2.75, 3.05) is 52.5 Å². The topological polar surface area (TPSA) is 127 Å². The predicted octanol–water partition coefficient (Wildman–Crippen LogP) is 2.83. The van der Waals surface area contributed by atoms with Crippen molar-refractivity contribution >= 4 is 17.0 Å². The molecule has 8 rings (SSSR count). The molecule has 5 aliphatic heterocycles. The third kappa shape index (κ3) is 4.80. The highest BCUT2D eigenvalue weighted by Gasteiger charge is 2.52. The summed E-state index contributed by atoms with van der Waals surface area (Å²) in [5.41, 5.74) is 3.60. The summed E-state index contributed by atoms with van der Waals surface area (Å²) in [5, 5.41) is 23.0. The van der Waals surface area contributed by atoms with Crippen LogP contribution in [-0.2, 0) is 16.0 Å². The van der Waals surface area contributed by atoms with Crippen molar-refractivity contribution in [1.29, 1.82) is 5.26 Å². The zero-order valence-corrected chi connectivity index (χ0v) is 21.3. The molecule has 5 fully saturated rings. The van der Waals surface area contributed by atoms with Crippen LogP contribution in [0.2, 0.25) is 0 Å². The van der Waals surface area contributed by atoms with Crippen molar-refractivity contribution in [3.05, 3.63) is 47.7 Å². The van der Waals surface area contributed by atoms with Gasteiger partial charge in [-0.2, -0.15) is 5.26 Å². The fourth-order valence-electron chi connectivity index (χ4n) is 6.11. The lowest BCUT2D eigenvalue weighted by atomic mass is 9.75. The standard InChI is InChI=1S/C19H18N4O2.C9H14N2O2/c20-10-13-1-3-16-15(9-13)18(19(24)22-16)17-4-2-14(11-21-17)12-23-5-7-25-8-6-23;12-8-10-5-9(13-8)6-11-3-1-7(9)2-4-11/h1-4,9,11,22,24H,5-8,12H2;7H,1-6H2,(H,10,12)/t;9-/m.0/s1. The number of pyridine rings is 1. The maximum atomic E-state index is 11.0. The highest BCUT2D eigenvalue weighted by Crippen LogP contribution is 2.40. The lowest BCUT2D eigenvalue weighted by Gasteiger charge is -2.49. The molecule has 1 spiro atoms. The molecule has 3 N–H and O–H groups in total. The molecule has 0 unspecified atom stereocenters. The number of morpholine rings is 1. The number of nitrogens with one attached hydrogen (secondary N) is 2. The maximum absolute atomic E-state index is 11.0. The highest BCUT2D eigenvalue weighted by atomic mass is 16.6. The van der Waals surface area contributed by atoms with Gasteiger partial charge in [-0.25, -0.2) is 4.79 Å². The minimum absolute atomic E-state index is 0.0681. The van der Waals surface area contributed by atoms with Gasteiger partial charge in [0.1, 0.15) is 5.60 Å². The van der Waals surface area contributed by atoms with Gasteiger partial charge >= 0.3 is 6.09 Å². The molecule has 5 saturated heterocycles. The Balaban J connectivity index is 0.000000169. The van der Waals surface area contributed by atoms with Crippen LogP contribution in [0.4, 0.5) is 4.79 Å². The molecule has 2 bridgehead atoms. The summed E-state index contributed by atoms with van der Waals surface area (Å²) in [5.74, 6) is 0.662. The van der Waals surface area contributed by atoms with E-state index >= 15 is 0 Å². The number of alkyl carbamates (subject to hydrolysis) is 1. The lowest BCUT2D eigenvalue weighted by molar-refractivity contribution is -0.0883. The molecule has 0 aliphatic carbocycles. The van der Waals surface area contributed by atoms with E-state index in [4.69, 9.17) is 14.7 Å². The molecule has 1 aromatic carbocycles. The van der Waals surface area contributed by atoms with Crippen molar-refractivity contribution in [1.82, 2.24) is 25.1 Å². The minimum Gasteiger partial charge on any atom is -0.494 e. The Labute approximate surface area is 221 Å². The second-order valence-corrected chi connectivity index (χ2v) is 10.5. The van der Waals surface area contributed by atoms with Gasteiger partial charge in [0, 0.05) is 49.2 Å². The number of piperidine rings is 3. The number of nitriles is 1. The first-order valence-electron chi connectivity index (χ1n) is 13.2. The van der Waals surface area contributed by atoms with E-state index in [0.29, 0.717) is 29.3 Å². The summed E-state index contributed by atoms with van der Waals surface area (Å²) in [7, 11) is 0. The van der Waals surface area contributed by atoms with Gasteiger partial charge in [0.15, 0.2) is 5.88 Å². The second kappa shape index (κ2) is 10.3. The zero-order chi connectivity index (χ0) is 26.1. The van der Waals surface area contributed by atoms with Crippen LogP contribution in [-0.4, -0.2) is 89.1 Å². The van der Waals surface area contributed by atoms with Gasteiger partial charge in [-0.3, -0.25) is 14.8 Å². The van der Waals surface area contributed by atoms with Gasteiger partial charge in [-0.15, -0.1) is 0 Å². The second-order valence-electron chi connectivity index (χ2n) is 10.5. The molecule has 0 saturated carbocycles. The normalized spacial score (nSPS) is 26.4. The molecular formula is C28H32N6O4. The number of rotatable bonds is 3. The van der Waals surface area contributed by atoms with Gasteiger partial charge in [0.2, 0.25) is 0 Å². The predicted molar refractivity (Wildman–Crippen MR) is 140 cm³/mol. The van der Waals surface area contributed by atoms with E-state index in [1.807, 2.05) is 18.3 Å². The third-order valence-corrected chi connectivity index (χ3v) is 8.15. The number of amides is 1. The fourth-order valence-corrected chi connectivity index (χ4v) is 6.11. The summed E-state index contributed by atoms with van der Waals surface area (Å²) >= 11 is 0. The molecule has 3 aromatic rings. The largest absolute Gasteiger partial charge is 0.494 e. The Hall–Kier alpha value is -3.65. The average Bonchev–Trinajstić information content (AvgIpc) is 3.48. The van der Waals surface area contributed by atoms with Gasteiger partial charge in [-0.05, 0) is 55.8 Å². The van der Waals surface area contributed by atoms with Crippen LogP contribution in [0.3, 0.4) is 0 Å².